The van der Waals surface area contributed by atoms with Crippen LogP contribution in [-0.4, -0.2) is 35.8 Å². The summed E-state index contributed by atoms with van der Waals surface area (Å²) in [5, 5.41) is 3.50. The van der Waals surface area contributed by atoms with Crippen LogP contribution in [0.25, 0.3) is 0 Å². The smallest absolute Gasteiger partial charge is 0.263 e. The Morgan fingerprint density at radius 3 is 2.72 bits per heavy atom. The van der Waals surface area contributed by atoms with Crippen LogP contribution < -0.4 is 10.8 Å². The van der Waals surface area contributed by atoms with E-state index >= 15 is 0 Å². The van der Waals surface area contributed by atoms with Crippen LogP contribution in [0.5, 0.6) is 0 Å². The summed E-state index contributed by atoms with van der Waals surface area (Å²) in [4.78, 5) is 18.4. The van der Waals surface area contributed by atoms with Crippen molar-refractivity contribution in [3.63, 3.8) is 0 Å². The summed E-state index contributed by atoms with van der Waals surface area (Å²) in [6.07, 6.45) is 4.24. The molecular formula is C18H25BrN2O3S. The van der Waals surface area contributed by atoms with Gasteiger partial charge in [-0.15, -0.1) is 0 Å². The lowest BCUT2D eigenvalue weighted by Gasteiger charge is -2.37. The molecule has 2 aliphatic rings. The molecule has 2 aliphatic heterocycles. The highest BCUT2D eigenvalue weighted by molar-refractivity contribution is 9.10. The quantitative estimate of drug-likeness (QED) is 0.680. The fourth-order valence-corrected chi connectivity index (χ4v) is 4.55. The van der Waals surface area contributed by atoms with Gasteiger partial charge in [0, 0.05) is 24.0 Å². The van der Waals surface area contributed by atoms with Crippen molar-refractivity contribution in [3.05, 3.63) is 34.3 Å². The first-order valence-electron chi connectivity index (χ1n) is 8.83. The number of benzene rings is 1. The van der Waals surface area contributed by atoms with Gasteiger partial charge in [0.15, 0.2) is 6.29 Å². The lowest BCUT2D eigenvalue weighted by molar-refractivity contribution is -0.203. The van der Waals surface area contributed by atoms with Crippen molar-refractivity contribution in [3.8, 4) is 0 Å². The first-order chi connectivity index (χ1) is 12.2. The monoisotopic (exact) mass is 428 g/mol. The van der Waals surface area contributed by atoms with E-state index in [2.05, 4.69) is 38.9 Å². The van der Waals surface area contributed by atoms with Crippen LogP contribution in [0.2, 0.25) is 0 Å². The largest absolute Gasteiger partial charge is 0.350 e. The van der Waals surface area contributed by atoms with E-state index in [0.717, 1.165) is 53.6 Å². The number of hydroxylamine groups is 1. The number of rotatable bonds is 6. The summed E-state index contributed by atoms with van der Waals surface area (Å²) >= 11 is 5.34. The summed E-state index contributed by atoms with van der Waals surface area (Å²) in [6, 6.07) is 8.16. The van der Waals surface area contributed by atoms with Gasteiger partial charge in [-0.3, -0.25) is 10.1 Å². The van der Waals surface area contributed by atoms with Crippen molar-refractivity contribution in [2.45, 2.75) is 50.5 Å². The Hall–Kier alpha value is -0.600. The zero-order valence-corrected chi connectivity index (χ0v) is 16.7. The zero-order valence-electron chi connectivity index (χ0n) is 14.3. The normalized spacial score (nSPS) is 23.2. The molecule has 0 aromatic heterocycles. The molecule has 0 aliphatic carbocycles. The molecule has 3 rings (SSSR count). The predicted octanol–water partition coefficient (Wildman–Crippen LogP) is 3.38. The molecule has 1 aromatic rings. The van der Waals surface area contributed by atoms with E-state index in [1.54, 1.807) is 0 Å². The second kappa shape index (κ2) is 9.37. The number of thioether (sulfide) groups is 1. The van der Waals surface area contributed by atoms with Gasteiger partial charge in [0.05, 0.1) is 0 Å². The molecule has 0 spiro atoms. The van der Waals surface area contributed by atoms with Gasteiger partial charge in [-0.05, 0) is 54.9 Å². The van der Waals surface area contributed by atoms with E-state index in [1.807, 2.05) is 23.9 Å². The molecule has 0 saturated carbocycles. The van der Waals surface area contributed by atoms with Crippen molar-refractivity contribution in [2.75, 3.05) is 18.1 Å². The summed E-state index contributed by atoms with van der Waals surface area (Å²) in [7, 11) is 0. The highest BCUT2D eigenvalue weighted by atomic mass is 79.9. The molecule has 2 heterocycles. The van der Waals surface area contributed by atoms with Crippen LogP contribution in [0.4, 0.5) is 0 Å². The third-order valence-corrected chi connectivity index (χ3v) is 6.26. The minimum atomic E-state index is -0.576. The number of hydrogen-bond donors (Lipinski definition) is 2. The maximum atomic E-state index is 12.9. The molecule has 138 valence electrons. The van der Waals surface area contributed by atoms with E-state index in [4.69, 9.17) is 9.57 Å². The van der Waals surface area contributed by atoms with Gasteiger partial charge in [0.1, 0.15) is 5.54 Å². The average molecular weight is 429 g/mol. The molecule has 5 nitrogen and oxygen atoms in total. The summed E-state index contributed by atoms with van der Waals surface area (Å²) in [6.45, 7) is 1.36. The SMILES string of the molecule is O=C(NOC1CCCCO1)C1(NCc2ccc(Br)cc2)CCSCC1. The Kier molecular flexibility index (Phi) is 7.18. The molecule has 1 atom stereocenters. The van der Waals surface area contributed by atoms with Crippen LogP contribution in [0.1, 0.15) is 37.7 Å². The van der Waals surface area contributed by atoms with Crippen molar-refractivity contribution >= 4 is 33.6 Å². The Bertz CT molecular complexity index is 558. The Balaban J connectivity index is 1.58. The number of halogens is 1. The fraction of sp³-hybridized carbons (Fsp3) is 0.611. The van der Waals surface area contributed by atoms with Gasteiger partial charge in [0.2, 0.25) is 0 Å². The number of nitrogens with one attached hydrogen (secondary N) is 2. The van der Waals surface area contributed by atoms with E-state index in [-0.39, 0.29) is 12.2 Å². The molecule has 0 bridgehead atoms. The first kappa shape index (κ1) is 19.2. The van der Waals surface area contributed by atoms with E-state index in [1.165, 1.54) is 0 Å². The number of ether oxygens (including phenoxy) is 1. The molecule has 7 heteroatoms. The minimum Gasteiger partial charge on any atom is -0.350 e. The summed E-state index contributed by atoms with van der Waals surface area (Å²) < 4.78 is 6.58. The van der Waals surface area contributed by atoms with Crippen LogP contribution >= 0.6 is 27.7 Å². The van der Waals surface area contributed by atoms with Crippen molar-refractivity contribution in [2.24, 2.45) is 0 Å². The molecular weight excluding hydrogens is 404 g/mol. The predicted molar refractivity (Wildman–Crippen MR) is 103 cm³/mol. The van der Waals surface area contributed by atoms with Gasteiger partial charge in [-0.2, -0.15) is 11.8 Å². The molecule has 2 saturated heterocycles. The summed E-state index contributed by atoms with van der Waals surface area (Å²) in [5.41, 5.74) is 3.25. The van der Waals surface area contributed by atoms with Crippen LogP contribution in [0, 0.1) is 0 Å². The van der Waals surface area contributed by atoms with Gasteiger partial charge in [-0.1, -0.05) is 28.1 Å². The van der Waals surface area contributed by atoms with Gasteiger partial charge in [-0.25, -0.2) is 10.3 Å². The highest BCUT2D eigenvalue weighted by Crippen LogP contribution is 2.28. The molecule has 1 amide bonds. The summed E-state index contributed by atoms with van der Waals surface area (Å²) in [5.74, 6) is 1.86. The first-order valence-corrected chi connectivity index (χ1v) is 10.8. The van der Waals surface area contributed by atoms with Crippen LogP contribution in [0.15, 0.2) is 28.7 Å². The number of amides is 1. The van der Waals surface area contributed by atoms with Gasteiger partial charge < -0.3 is 4.74 Å². The van der Waals surface area contributed by atoms with Crippen molar-refractivity contribution < 1.29 is 14.4 Å². The van der Waals surface area contributed by atoms with E-state index < -0.39 is 5.54 Å². The second-order valence-electron chi connectivity index (χ2n) is 6.52. The van der Waals surface area contributed by atoms with Gasteiger partial charge >= 0.3 is 0 Å². The number of carbonyl (C=O) groups excluding carboxylic acids is 1. The molecule has 1 aromatic carbocycles. The topological polar surface area (TPSA) is 59.6 Å². The third kappa shape index (κ3) is 5.44. The minimum absolute atomic E-state index is 0.0842. The standard InChI is InChI=1S/C18H25BrN2O3S/c19-15-6-4-14(5-7-15)13-20-18(8-11-25-12-9-18)17(22)21-24-16-3-1-2-10-23-16/h4-7,16,20H,1-3,8-13H2,(H,21,22). The molecule has 1 unspecified atom stereocenters. The maximum absolute atomic E-state index is 12.9. The molecule has 2 fully saturated rings. The van der Waals surface area contributed by atoms with E-state index in [9.17, 15) is 4.79 Å². The third-order valence-electron chi connectivity index (χ3n) is 4.75. The average Bonchev–Trinajstić information content (AvgIpc) is 2.67. The lowest BCUT2D eigenvalue weighted by Crippen LogP contribution is -2.59. The highest BCUT2D eigenvalue weighted by Gasteiger charge is 2.40. The van der Waals surface area contributed by atoms with Crippen LogP contribution in [0.3, 0.4) is 0 Å². The Labute approximate surface area is 161 Å². The molecule has 2 N–H and O–H groups in total. The number of hydrogen-bond acceptors (Lipinski definition) is 5. The van der Waals surface area contributed by atoms with E-state index in [0.29, 0.717) is 13.2 Å². The molecule has 25 heavy (non-hydrogen) atoms. The molecule has 0 radical (unpaired) electrons. The Morgan fingerprint density at radius 1 is 1.28 bits per heavy atom. The Morgan fingerprint density at radius 2 is 2.04 bits per heavy atom. The fourth-order valence-electron chi connectivity index (χ4n) is 3.10. The lowest BCUT2D eigenvalue weighted by atomic mass is 9.91. The van der Waals surface area contributed by atoms with Crippen molar-refractivity contribution in [1.82, 2.24) is 10.8 Å². The van der Waals surface area contributed by atoms with Crippen molar-refractivity contribution in [1.29, 1.82) is 0 Å². The number of carbonyl (C=O) groups is 1. The van der Waals surface area contributed by atoms with Gasteiger partial charge in [0.25, 0.3) is 5.91 Å². The second-order valence-corrected chi connectivity index (χ2v) is 8.66. The zero-order chi connectivity index (χ0) is 17.5. The maximum Gasteiger partial charge on any atom is 0.263 e. The van der Waals surface area contributed by atoms with Crippen LogP contribution in [-0.2, 0) is 20.9 Å².